The number of benzene rings is 1. The number of nitrogens with zero attached hydrogens (tertiary/aromatic N) is 2. The Morgan fingerprint density at radius 3 is 2.47 bits per heavy atom. The summed E-state index contributed by atoms with van der Waals surface area (Å²) in [7, 11) is 0. The third-order valence-electron chi connectivity index (χ3n) is 1.95. The molecule has 2 aromatic rings. The van der Waals surface area contributed by atoms with Crippen LogP contribution in [-0.4, -0.2) is 9.97 Å². The van der Waals surface area contributed by atoms with Crippen LogP contribution in [0.2, 0.25) is 15.2 Å². The predicted molar refractivity (Wildman–Crippen MR) is 67.8 cm³/mol. The van der Waals surface area contributed by atoms with Gasteiger partial charge in [0.15, 0.2) is 0 Å². The maximum absolute atomic E-state index is 5.86. The minimum atomic E-state index is 0.294. The molecule has 0 bridgehead atoms. The van der Waals surface area contributed by atoms with Crippen molar-refractivity contribution in [2.45, 2.75) is 6.61 Å². The van der Waals surface area contributed by atoms with Gasteiger partial charge in [0.25, 0.3) is 0 Å². The monoisotopic (exact) mass is 288 g/mol. The molecular weight excluding hydrogens is 282 g/mol. The van der Waals surface area contributed by atoms with E-state index < -0.39 is 0 Å². The van der Waals surface area contributed by atoms with Crippen LogP contribution in [0.25, 0.3) is 0 Å². The molecule has 0 radical (unpaired) electrons. The molecule has 0 aliphatic rings. The molecule has 0 aliphatic carbocycles. The van der Waals surface area contributed by atoms with Crippen molar-refractivity contribution in [1.82, 2.24) is 9.97 Å². The molecule has 0 atom stereocenters. The molecule has 1 aromatic carbocycles. The van der Waals surface area contributed by atoms with Gasteiger partial charge in [-0.25, -0.2) is 4.98 Å². The first-order valence-corrected chi connectivity index (χ1v) is 5.83. The molecule has 2 rings (SSSR count). The van der Waals surface area contributed by atoms with Gasteiger partial charge in [-0.1, -0.05) is 34.8 Å². The molecule has 0 N–H and O–H groups in total. The zero-order valence-corrected chi connectivity index (χ0v) is 10.8. The summed E-state index contributed by atoms with van der Waals surface area (Å²) in [6.07, 6.45) is 3.02. The van der Waals surface area contributed by atoms with Crippen molar-refractivity contribution in [2.75, 3.05) is 0 Å². The van der Waals surface area contributed by atoms with Gasteiger partial charge in [0, 0.05) is 6.07 Å². The van der Waals surface area contributed by atoms with Gasteiger partial charge in [0.1, 0.15) is 17.5 Å². The zero-order valence-electron chi connectivity index (χ0n) is 8.53. The summed E-state index contributed by atoms with van der Waals surface area (Å²) in [5.41, 5.74) is 0.681. The molecule has 6 heteroatoms. The van der Waals surface area contributed by atoms with Crippen LogP contribution in [0.4, 0.5) is 0 Å². The Bertz CT molecular complexity index is 517. The average molecular weight is 290 g/mol. The number of rotatable bonds is 3. The quantitative estimate of drug-likeness (QED) is 0.856. The van der Waals surface area contributed by atoms with Crippen molar-refractivity contribution in [2.24, 2.45) is 0 Å². The molecule has 0 spiro atoms. The molecule has 1 aromatic heterocycles. The molecule has 0 saturated heterocycles. The number of hydrogen-bond acceptors (Lipinski definition) is 3. The fourth-order valence-corrected chi connectivity index (χ4v) is 1.52. The lowest BCUT2D eigenvalue weighted by Gasteiger charge is -2.06. The van der Waals surface area contributed by atoms with Crippen LogP contribution in [-0.2, 0) is 6.61 Å². The minimum Gasteiger partial charge on any atom is -0.487 e. The van der Waals surface area contributed by atoms with Gasteiger partial charge in [0.2, 0.25) is 0 Å². The Hall–Kier alpha value is -1.03. The normalized spacial score (nSPS) is 10.3. The second kappa shape index (κ2) is 5.54. The predicted octanol–water partition coefficient (Wildman–Crippen LogP) is 4.02. The molecule has 0 amide bonds. The maximum Gasteiger partial charge on any atom is 0.147 e. The van der Waals surface area contributed by atoms with Gasteiger partial charge in [-0.3, -0.25) is 4.98 Å². The standard InChI is InChI=1S/C11H7Cl3N2O/c12-9-2-1-8(3-10(9)13)17-6-7-4-16-11(14)5-15-7/h1-5H,6H2. The lowest BCUT2D eigenvalue weighted by molar-refractivity contribution is 0.301. The Morgan fingerprint density at radius 2 is 1.82 bits per heavy atom. The van der Waals surface area contributed by atoms with Crippen molar-refractivity contribution < 1.29 is 4.74 Å². The molecule has 0 saturated carbocycles. The summed E-state index contributed by atoms with van der Waals surface area (Å²) in [4.78, 5) is 7.95. The van der Waals surface area contributed by atoms with Crippen molar-refractivity contribution in [3.8, 4) is 5.75 Å². The summed E-state index contributed by atoms with van der Waals surface area (Å²) in [6, 6.07) is 5.05. The van der Waals surface area contributed by atoms with E-state index in [1.807, 2.05) is 0 Å². The lowest BCUT2D eigenvalue weighted by Crippen LogP contribution is -1.98. The molecular formula is C11H7Cl3N2O. The molecule has 0 fully saturated rings. The summed E-state index contributed by atoms with van der Waals surface area (Å²) < 4.78 is 5.48. The van der Waals surface area contributed by atoms with Crippen LogP contribution in [0.1, 0.15) is 5.69 Å². The third-order valence-corrected chi connectivity index (χ3v) is 2.89. The van der Waals surface area contributed by atoms with Gasteiger partial charge < -0.3 is 4.74 Å². The molecule has 88 valence electrons. The van der Waals surface area contributed by atoms with Crippen LogP contribution in [0.3, 0.4) is 0 Å². The van der Waals surface area contributed by atoms with Crippen molar-refractivity contribution in [3.05, 3.63) is 51.5 Å². The van der Waals surface area contributed by atoms with E-state index in [0.717, 1.165) is 0 Å². The number of aromatic nitrogens is 2. The SMILES string of the molecule is Clc1cnc(COc2ccc(Cl)c(Cl)c2)cn1. The van der Waals surface area contributed by atoms with Crippen molar-refractivity contribution in [3.63, 3.8) is 0 Å². The largest absolute Gasteiger partial charge is 0.487 e. The molecule has 1 heterocycles. The highest BCUT2D eigenvalue weighted by molar-refractivity contribution is 6.42. The highest BCUT2D eigenvalue weighted by Gasteiger charge is 2.02. The fraction of sp³-hybridized carbons (Fsp3) is 0.0909. The Kier molecular flexibility index (Phi) is 4.05. The van der Waals surface area contributed by atoms with Gasteiger partial charge in [0.05, 0.1) is 28.1 Å². The van der Waals surface area contributed by atoms with Gasteiger partial charge >= 0.3 is 0 Å². The number of halogens is 3. The second-order valence-electron chi connectivity index (χ2n) is 3.20. The van der Waals surface area contributed by atoms with E-state index in [-0.39, 0.29) is 0 Å². The van der Waals surface area contributed by atoms with Gasteiger partial charge in [-0.2, -0.15) is 0 Å². The van der Waals surface area contributed by atoms with Crippen LogP contribution >= 0.6 is 34.8 Å². The van der Waals surface area contributed by atoms with E-state index in [0.29, 0.717) is 33.2 Å². The van der Waals surface area contributed by atoms with E-state index in [1.165, 1.54) is 6.20 Å². The highest BCUT2D eigenvalue weighted by atomic mass is 35.5. The van der Waals surface area contributed by atoms with Crippen LogP contribution in [0, 0.1) is 0 Å². The van der Waals surface area contributed by atoms with E-state index in [2.05, 4.69) is 9.97 Å². The number of ether oxygens (including phenoxy) is 1. The molecule has 17 heavy (non-hydrogen) atoms. The van der Waals surface area contributed by atoms with Gasteiger partial charge in [-0.15, -0.1) is 0 Å². The van der Waals surface area contributed by atoms with E-state index in [9.17, 15) is 0 Å². The first-order valence-electron chi connectivity index (χ1n) is 4.69. The minimum absolute atomic E-state index is 0.294. The molecule has 0 aliphatic heterocycles. The molecule has 0 unspecified atom stereocenters. The Balaban J connectivity index is 2.02. The lowest BCUT2D eigenvalue weighted by atomic mass is 10.3. The van der Waals surface area contributed by atoms with Gasteiger partial charge in [-0.05, 0) is 12.1 Å². The summed E-state index contributed by atoms with van der Waals surface area (Å²) in [6.45, 7) is 0.294. The third kappa shape index (κ3) is 3.46. The first-order chi connectivity index (χ1) is 8.15. The van der Waals surface area contributed by atoms with Crippen molar-refractivity contribution >= 4 is 34.8 Å². The van der Waals surface area contributed by atoms with E-state index in [4.69, 9.17) is 39.5 Å². The summed E-state index contributed by atoms with van der Waals surface area (Å²) >= 11 is 17.3. The highest BCUT2D eigenvalue weighted by Crippen LogP contribution is 2.26. The summed E-state index contributed by atoms with van der Waals surface area (Å²) in [5.74, 6) is 0.621. The fourth-order valence-electron chi connectivity index (χ4n) is 1.14. The molecule has 3 nitrogen and oxygen atoms in total. The Morgan fingerprint density at radius 1 is 1.00 bits per heavy atom. The van der Waals surface area contributed by atoms with Crippen molar-refractivity contribution in [1.29, 1.82) is 0 Å². The van der Waals surface area contributed by atoms with Crippen LogP contribution in [0.15, 0.2) is 30.6 Å². The second-order valence-corrected chi connectivity index (χ2v) is 4.40. The smallest absolute Gasteiger partial charge is 0.147 e. The van der Waals surface area contributed by atoms with E-state index in [1.54, 1.807) is 24.4 Å². The van der Waals surface area contributed by atoms with E-state index >= 15 is 0 Å². The topological polar surface area (TPSA) is 35.0 Å². The van der Waals surface area contributed by atoms with Crippen LogP contribution < -0.4 is 4.74 Å². The zero-order chi connectivity index (χ0) is 12.3. The summed E-state index contributed by atoms with van der Waals surface area (Å²) in [5, 5.41) is 1.29. The first kappa shape index (κ1) is 12.4. The van der Waals surface area contributed by atoms with Crippen LogP contribution in [0.5, 0.6) is 5.75 Å². The number of hydrogen-bond donors (Lipinski definition) is 0. The average Bonchev–Trinajstić information content (AvgIpc) is 2.33. The maximum atomic E-state index is 5.86. The Labute approximate surface area is 113 Å².